The fraction of sp³-hybridized carbons (Fsp3) is 0. The van der Waals surface area contributed by atoms with Gasteiger partial charge in [0, 0.05) is 16.0 Å². The van der Waals surface area contributed by atoms with Gasteiger partial charge in [0.1, 0.15) is 5.58 Å². The van der Waals surface area contributed by atoms with Crippen molar-refractivity contribution in [1.82, 2.24) is 0 Å². The van der Waals surface area contributed by atoms with Crippen LogP contribution in [-0.2, 0) is 0 Å². The van der Waals surface area contributed by atoms with Crippen molar-refractivity contribution in [2.24, 2.45) is 0 Å². The van der Waals surface area contributed by atoms with Gasteiger partial charge in [0.15, 0.2) is 0 Å². The van der Waals surface area contributed by atoms with Gasteiger partial charge in [-0.1, -0.05) is 103 Å². The summed E-state index contributed by atoms with van der Waals surface area (Å²) < 4.78 is 5.69. The molecule has 0 saturated heterocycles. The van der Waals surface area contributed by atoms with Crippen molar-refractivity contribution in [3.05, 3.63) is 141 Å². The first-order valence-corrected chi connectivity index (χ1v) is 10.7. The van der Waals surface area contributed by atoms with E-state index in [0.29, 0.717) is 16.2 Å². The lowest BCUT2D eigenvalue weighted by Gasteiger charge is -2.13. The Kier molecular flexibility index (Phi) is 5.45. The molecule has 1 heterocycles. The summed E-state index contributed by atoms with van der Waals surface area (Å²) in [6, 6.07) is 35.3. The zero-order valence-corrected chi connectivity index (χ0v) is 17.9. The van der Waals surface area contributed by atoms with Crippen LogP contribution in [0.15, 0.2) is 118 Å². The summed E-state index contributed by atoms with van der Waals surface area (Å²) in [4.78, 5) is 13.2. The van der Waals surface area contributed by atoms with E-state index in [9.17, 15) is 4.79 Å². The van der Waals surface area contributed by atoms with Crippen LogP contribution in [0.1, 0.15) is 16.7 Å². The topological polar surface area (TPSA) is 30.2 Å². The molecule has 3 heteroatoms. The van der Waals surface area contributed by atoms with Crippen molar-refractivity contribution in [2.45, 2.75) is 0 Å². The average Bonchev–Trinajstić information content (AvgIpc) is 2.84. The van der Waals surface area contributed by atoms with Gasteiger partial charge in [-0.15, -0.1) is 0 Å². The predicted molar refractivity (Wildman–Crippen MR) is 133 cm³/mol. The summed E-state index contributed by atoms with van der Waals surface area (Å²) in [6.45, 7) is 0. The van der Waals surface area contributed by atoms with E-state index in [2.05, 4.69) is 30.3 Å². The van der Waals surface area contributed by atoms with Crippen LogP contribution in [0.4, 0.5) is 0 Å². The largest absolute Gasteiger partial charge is 0.422 e. The first-order chi connectivity index (χ1) is 15.7. The molecule has 0 N–H and O–H groups in total. The van der Waals surface area contributed by atoms with E-state index in [1.165, 1.54) is 0 Å². The highest BCUT2D eigenvalue weighted by Crippen LogP contribution is 2.34. The van der Waals surface area contributed by atoms with Gasteiger partial charge in [-0.05, 0) is 46.5 Å². The molecule has 5 aromatic rings. The number of halogens is 1. The number of fused-ring (bicyclic) bond motifs is 1. The molecule has 5 rings (SSSR count). The van der Waals surface area contributed by atoms with Gasteiger partial charge >= 0.3 is 5.63 Å². The van der Waals surface area contributed by atoms with Crippen LogP contribution in [0, 0.1) is 0 Å². The van der Waals surface area contributed by atoms with Crippen LogP contribution in [-0.4, -0.2) is 0 Å². The van der Waals surface area contributed by atoms with Crippen molar-refractivity contribution in [2.75, 3.05) is 0 Å². The van der Waals surface area contributed by atoms with Crippen LogP contribution in [0.2, 0.25) is 5.02 Å². The van der Waals surface area contributed by atoms with Gasteiger partial charge in [-0.2, -0.15) is 0 Å². The second-order valence-corrected chi connectivity index (χ2v) is 7.91. The lowest BCUT2D eigenvalue weighted by molar-refractivity contribution is 0.563. The first kappa shape index (κ1) is 20.0. The first-order valence-electron chi connectivity index (χ1n) is 10.3. The van der Waals surface area contributed by atoms with E-state index in [0.717, 1.165) is 33.2 Å². The number of benzene rings is 4. The molecule has 0 unspecified atom stereocenters. The molecule has 32 heavy (non-hydrogen) atoms. The molecule has 0 aliphatic carbocycles. The molecular weight excluding hydrogens is 416 g/mol. The molecule has 0 radical (unpaired) electrons. The smallest absolute Gasteiger partial charge is 0.344 e. The SMILES string of the molecule is O=c1oc2ccccc2c(C=C(c2ccccc2)c2ccccc2)c1-c1ccc(Cl)cc1. The summed E-state index contributed by atoms with van der Waals surface area (Å²) in [5.41, 5.74) is 5.44. The third-order valence-corrected chi connectivity index (χ3v) is 5.70. The van der Waals surface area contributed by atoms with Crippen molar-refractivity contribution < 1.29 is 4.42 Å². The summed E-state index contributed by atoms with van der Waals surface area (Å²) in [5.74, 6) is 0. The standard InChI is InChI=1S/C29H19ClO2/c30-23-17-15-22(16-18-23)28-26(24-13-7-8-14-27(24)32-29(28)31)19-25(20-9-3-1-4-10-20)21-11-5-2-6-12-21/h1-19H. The number of hydrogen-bond acceptors (Lipinski definition) is 2. The predicted octanol–water partition coefficient (Wildman–Crippen LogP) is 7.70. The minimum Gasteiger partial charge on any atom is -0.422 e. The van der Waals surface area contributed by atoms with E-state index in [-0.39, 0.29) is 5.63 Å². The average molecular weight is 435 g/mol. The Morgan fingerprint density at radius 3 is 1.88 bits per heavy atom. The quantitative estimate of drug-likeness (QED) is 0.271. The maximum Gasteiger partial charge on any atom is 0.344 e. The summed E-state index contributed by atoms with van der Waals surface area (Å²) in [5, 5.41) is 1.49. The minimum absolute atomic E-state index is 0.377. The molecule has 0 spiro atoms. The van der Waals surface area contributed by atoms with Crippen molar-refractivity contribution >= 4 is 34.2 Å². The third-order valence-electron chi connectivity index (χ3n) is 5.44. The molecule has 0 saturated carbocycles. The zero-order valence-electron chi connectivity index (χ0n) is 17.2. The Bertz CT molecular complexity index is 1420. The van der Waals surface area contributed by atoms with Crippen LogP contribution < -0.4 is 5.63 Å². The second kappa shape index (κ2) is 8.70. The van der Waals surface area contributed by atoms with Gasteiger partial charge in [0.2, 0.25) is 0 Å². The Balaban J connectivity index is 1.87. The Labute approximate surface area is 191 Å². The highest BCUT2D eigenvalue weighted by molar-refractivity contribution is 6.30. The molecule has 2 nitrogen and oxygen atoms in total. The van der Waals surface area contributed by atoms with Gasteiger partial charge in [-0.3, -0.25) is 0 Å². The lowest BCUT2D eigenvalue weighted by Crippen LogP contribution is -2.06. The van der Waals surface area contributed by atoms with E-state index in [1.807, 2.05) is 72.8 Å². The summed E-state index contributed by atoms with van der Waals surface area (Å²) in [6.07, 6.45) is 2.09. The van der Waals surface area contributed by atoms with E-state index < -0.39 is 0 Å². The zero-order chi connectivity index (χ0) is 21.9. The van der Waals surface area contributed by atoms with Crippen molar-refractivity contribution in [1.29, 1.82) is 0 Å². The molecule has 154 valence electrons. The van der Waals surface area contributed by atoms with Gasteiger partial charge in [-0.25, -0.2) is 4.79 Å². The molecule has 0 aliphatic heterocycles. The number of hydrogen-bond donors (Lipinski definition) is 0. The third kappa shape index (κ3) is 3.89. The molecule has 1 aromatic heterocycles. The Hall–Kier alpha value is -3.88. The van der Waals surface area contributed by atoms with Crippen LogP contribution in [0.25, 0.3) is 33.7 Å². The fourth-order valence-corrected chi connectivity index (χ4v) is 4.05. The van der Waals surface area contributed by atoms with Crippen molar-refractivity contribution in [3.8, 4) is 11.1 Å². The monoisotopic (exact) mass is 434 g/mol. The second-order valence-electron chi connectivity index (χ2n) is 7.47. The molecule has 4 aromatic carbocycles. The van der Waals surface area contributed by atoms with Crippen molar-refractivity contribution in [3.63, 3.8) is 0 Å². The van der Waals surface area contributed by atoms with Crippen LogP contribution in [0.3, 0.4) is 0 Å². The normalized spacial score (nSPS) is 10.8. The molecule has 0 aliphatic rings. The van der Waals surface area contributed by atoms with Gasteiger partial charge in [0.25, 0.3) is 0 Å². The van der Waals surface area contributed by atoms with E-state index >= 15 is 0 Å². The molecule has 0 bridgehead atoms. The highest BCUT2D eigenvalue weighted by Gasteiger charge is 2.17. The molecule has 0 fully saturated rings. The highest BCUT2D eigenvalue weighted by atomic mass is 35.5. The van der Waals surface area contributed by atoms with E-state index in [4.69, 9.17) is 16.0 Å². The fourth-order valence-electron chi connectivity index (χ4n) is 3.93. The number of para-hydroxylation sites is 1. The molecule has 0 amide bonds. The maximum absolute atomic E-state index is 13.2. The number of rotatable bonds is 4. The minimum atomic E-state index is -0.377. The van der Waals surface area contributed by atoms with Gasteiger partial charge in [0.05, 0.1) is 5.56 Å². The van der Waals surface area contributed by atoms with Crippen LogP contribution >= 0.6 is 11.6 Å². The summed E-state index contributed by atoms with van der Waals surface area (Å²) >= 11 is 6.10. The molecular formula is C29H19ClO2. The molecule has 0 atom stereocenters. The Morgan fingerprint density at radius 2 is 1.25 bits per heavy atom. The lowest BCUT2D eigenvalue weighted by atomic mass is 9.91. The van der Waals surface area contributed by atoms with Crippen LogP contribution in [0.5, 0.6) is 0 Å². The summed E-state index contributed by atoms with van der Waals surface area (Å²) in [7, 11) is 0. The maximum atomic E-state index is 13.2. The van der Waals surface area contributed by atoms with E-state index in [1.54, 1.807) is 12.1 Å². The Morgan fingerprint density at radius 1 is 0.688 bits per heavy atom. The van der Waals surface area contributed by atoms with Gasteiger partial charge < -0.3 is 4.42 Å².